The van der Waals surface area contributed by atoms with E-state index in [1.165, 1.54) is 17.0 Å². The molecular weight excluding hydrogens is 316 g/mol. The summed E-state index contributed by atoms with van der Waals surface area (Å²) in [6.45, 7) is 5.73. The molecule has 0 spiro atoms. The van der Waals surface area contributed by atoms with Crippen LogP contribution in [0.25, 0.3) is 0 Å². The van der Waals surface area contributed by atoms with Gasteiger partial charge in [0.15, 0.2) is 0 Å². The number of carbonyl (C=O) groups is 2. The van der Waals surface area contributed by atoms with Crippen molar-refractivity contribution in [2.75, 3.05) is 11.9 Å². The summed E-state index contributed by atoms with van der Waals surface area (Å²) in [4.78, 5) is 39.8. The summed E-state index contributed by atoms with van der Waals surface area (Å²) in [6.07, 6.45) is 1.76. The summed E-state index contributed by atoms with van der Waals surface area (Å²) in [7, 11) is 0. The van der Waals surface area contributed by atoms with E-state index in [0.717, 1.165) is 6.20 Å². The maximum atomic E-state index is 12.4. The zero-order valence-electron chi connectivity index (χ0n) is 13.8. The van der Waals surface area contributed by atoms with Crippen molar-refractivity contribution in [3.8, 4) is 0 Å². The first-order chi connectivity index (χ1) is 11.2. The van der Waals surface area contributed by atoms with Gasteiger partial charge in [0.05, 0.1) is 4.92 Å². The molecule has 1 saturated heterocycles. The van der Waals surface area contributed by atoms with Crippen LogP contribution < -0.4 is 5.32 Å². The summed E-state index contributed by atoms with van der Waals surface area (Å²) < 4.78 is 5.31. The number of rotatable bonds is 3. The predicted molar refractivity (Wildman–Crippen MR) is 85.5 cm³/mol. The molecule has 0 aliphatic carbocycles. The van der Waals surface area contributed by atoms with Gasteiger partial charge in [-0.15, -0.1) is 0 Å². The quantitative estimate of drug-likeness (QED) is 0.669. The Morgan fingerprint density at radius 1 is 1.42 bits per heavy atom. The number of likely N-dealkylation sites (tertiary alicyclic amines) is 1. The van der Waals surface area contributed by atoms with Gasteiger partial charge in [-0.2, -0.15) is 0 Å². The fraction of sp³-hybridized carbons (Fsp3) is 0.533. The van der Waals surface area contributed by atoms with Gasteiger partial charge in [0, 0.05) is 12.6 Å². The first-order valence-corrected chi connectivity index (χ1v) is 7.58. The molecule has 2 heterocycles. The smallest absolute Gasteiger partial charge is 0.410 e. The molecule has 1 aromatic rings. The van der Waals surface area contributed by atoms with Crippen LogP contribution in [-0.2, 0) is 9.53 Å². The van der Waals surface area contributed by atoms with E-state index in [-0.39, 0.29) is 17.4 Å². The zero-order valence-corrected chi connectivity index (χ0v) is 13.8. The van der Waals surface area contributed by atoms with Crippen LogP contribution in [0.1, 0.15) is 33.6 Å². The summed E-state index contributed by atoms with van der Waals surface area (Å²) in [5.41, 5.74) is -0.801. The van der Waals surface area contributed by atoms with E-state index in [2.05, 4.69) is 10.3 Å². The molecule has 0 bridgehead atoms. The monoisotopic (exact) mass is 336 g/mol. The summed E-state index contributed by atoms with van der Waals surface area (Å²) >= 11 is 0. The van der Waals surface area contributed by atoms with Crippen molar-refractivity contribution in [2.45, 2.75) is 45.3 Å². The lowest BCUT2D eigenvalue weighted by molar-refractivity contribution is -0.385. The number of ether oxygens (including phenoxy) is 1. The average Bonchev–Trinajstić information content (AvgIpc) is 2.95. The van der Waals surface area contributed by atoms with Gasteiger partial charge in [-0.25, -0.2) is 9.78 Å². The zero-order chi connectivity index (χ0) is 17.9. The highest BCUT2D eigenvalue weighted by Gasteiger charge is 2.36. The van der Waals surface area contributed by atoms with Crippen molar-refractivity contribution >= 4 is 23.5 Å². The maximum absolute atomic E-state index is 12.4. The maximum Gasteiger partial charge on any atom is 0.410 e. The molecule has 1 fully saturated rings. The molecule has 0 radical (unpaired) electrons. The third-order valence-electron chi connectivity index (χ3n) is 3.39. The Labute approximate surface area is 139 Å². The Hall–Kier alpha value is -2.71. The van der Waals surface area contributed by atoms with Crippen molar-refractivity contribution in [1.82, 2.24) is 9.88 Å². The topological polar surface area (TPSA) is 115 Å². The lowest BCUT2D eigenvalue weighted by atomic mass is 10.2. The highest BCUT2D eigenvalue weighted by molar-refractivity contribution is 5.96. The highest BCUT2D eigenvalue weighted by atomic mass is 16.6. The molecule has 130 valence electrons. The largest absolute Gasteiger partial charge is 0.444 e. The van der Waals surface area contributed by atoms with E-state index in [1.807, 2.05) is 0 Å². The number of aromatic nitrogens is 1. The van der Waals surface area contributed by atoms with Gasteiger partial charge >= 0.3 is 6.09 Å². The standard InChI is InChI=1S/C15H20N4O5/c1-15(2,3)24-14(21)18-8-4-5-11(18)13(20)17-12-7-6-10(9-16-12)19(22)23/h6-7,9,11H,4-5,8H2,1-3H3,(H,16,17,20)/t11-/m0/s1. The normalized spacial score (nSPS) is 17.5. The molecular formula is C15H20N4O5. The number of hydrogen-bond acceptors (Lipinski definition) is 6. The van der Waals surface area contributed by atoms with Crippen LogP contribution in [0.2, 0.25) is 0 Å². The number of nitro groups is 1. The van der Waals surface area contributed by atoms with Gasteiger partial charge < -0.3 is 10.1 Å². The molecule has 2 amide bonds. The molecule has 1 aliphatic rings. The Balaban J connectivity index is 2.02. The van der Waals surface area contributed by atoms with Crippen molar-refractivity contribution < 1.29 is 19.2 Å². The summed E-state index contributed by atoms with van der Waals surface area (Å²) in [5.74, 6) is -0.193. The van der Waals surface area contributed by atoms with Gasteiger partial charge in [-0.1, -0.05) is 0 Å². The predicted octanol–water partition coefficient (Wildman–Crippen LogP) is 2.33. The van der Waals surface area contributed by atoms with E-state index in [0.29, 0.717) is 19.4 Å². The average molecular weight is 336 g/mol. The molecule has 1 N–H and O–H groups in total. The second kappa shape index (κ2) is 6.81. The number of anilines is 1. The first kappa shape index (κ1) is 17.6. The third kappa shape index (κ3) is 4.40. The van der Waals surface area contributed by atoms with E-state index in [4.69, 9.17) is 4.74 Å². The van der Waals surface area contributed by atoms with Crippen LogP contribution in [0.15, 0.2) is 18.3 Å². The minimum atomic E-state index is -0.642. The second-order valence-electron chi connectivity index (χ2n) is 6.48. The van der Waals surface area contributed by atoms with Crippen molar-refractivity contribution in [1.29, 1.82) is 0 Å². The van der Waals surface area contributed by atoms with Crippen molar-refractivity contribution in [3.63, 3.8) is 0 Å². The Kier molecular flexibility index (Phi) is 5.01. The number of hydrogen-bond donors (Lipinski definition) is 1. The number of nitrogens with zero attached hydrogens (tertiary/aromatic N) is 3. The van der Waals surface area contributed by atoms with Crippen LogP contribution in [0.5, 0.6) is 0 Å². The fourth-order valence-electron chi connectivity index (χ4n) is 2.36. The van der Waals surface area contributed by atoms with Gasteiger partial charge in [0.1, 0.15) is 23.7 Å². The Bertz CT molecular complexity index is 638. The van der Waals surface area contributed by atoms with Gasteiger partial charge in [-0.05, 0) is 39.7 Å². The van der Waals surface area contributed by atoms with Crippen LogP contribution in [0.3, 0.4) is 0 Å². The van der Waals surface area contributed by atoms with E-state index < -0.39 is 22.7 Å². The van der Waals surface area contributed by atoms with Crippen LogP contribution in [-0.4, -0.2) is 45.0 Å². The summed E-state index contributed by atoms with van der Waals surface area (Å²) in [5, 5.41) is 13.2. The number of pyridine rings is 1. The minimum Gasteiger partial charge on any atom is -0.444 e. The molecule has 1 aromatic heterocycles. The van der Waals surface area contributed by atoms with E-state index >= 15 is 0 Å². The lowest BCUT2D eigenvalue weighted by Gasteiger charge is -2.27. The van der Waals surface area contributed by atoms with E-state index in [9.17, 15) is 19.7 Å². The van der Waals surface area contributed by atoms with Crippen molar-refractivity contribution in [2.24, 2.45) is 0 Å². The fourth-order valence-corrected chi connectivity index (χ4v) is 2.36. The second-order valence-corrected chi connectivity index (χ2v) is 6.48. The van der Waals surface area contributed by atoms with Gasteiger partial charge in [0.25, 0.3) is 5.69 Å². The molecule has 1 aliphatic heterocycles. The molecule has 0 aromatic carbocycles. The molecule has 9 nitrogen and oxygen atoms in total. The molecule has 1 atom stereocenters. The van der Waals surface area contributed by atoms with E-state index in [1.54, 1.807) is 20.8 Å². The molecule has 0 saturated carbocycles. The summed E-state index contributed by atoms with van der Waals surface area (Å²) in [6, 6.07) is 1.96. The number of carbonyl (C=O) groups excluding carboxylic acids is 2. The Morgan fingerprint density at radius 3 is 2.67 bits per heavy atom. The van der Waals surface area contributed by atoms with Gasteiger partial charge in [0.2, 0.25) is 5.91 Å². The molecule has 2 rings (SSSR count). The highest BCUT2D eigenvalue weighted by Crippen LogP contribution is 2.22. The van der Waals surface area contributed by atoms with Crippen molar-refractivity contribution in [3.05, 3.63) is 28.4 Å². The van der Waals surface area contributed by atoms with Gasteiger partial charge in [-0.3, -0.25) is 19.8 Å². The molecule has 0 unspecified atom stereocenters. The van der Waals surface area contributed by atoms with Crippen LogP contribution >= 0.6 is 0 Å². The number of amides is 2. The first-order valence-electron chi connectivity index (χ1n) is 7.58. The van der Waals surface area contributed by atoms with Crippen LogP contribution in [0.4, 0.5) is 16.3 Å². The lowest BCUT2D eigenvalue weighted by Crippen LogP contribution is -2.45. The molecule has 24 heavy (non-hydrogen) atoms. The SMILES string of the molecule is CC(C)(C)OC(=O)N1CCC[C@H]1C(=O)Nc1ccc([N+](=O)[O-])cn1. The third-order valence-corrected chi connectivity index (χ3v) is 3.39. The minimum absolute atomic E-state index is 0.163. The number of nitrogens with one attached hydrogen (secondary N) is 1. The van der Waals surface area contributed by atoms with Crippen LogP contribution in [0, 0.1) is 10.1 Å². The molecule has 9 heteroatoms. The Morgan fingerprint density at radius 2 is 2.12 bits per heavy atom.